The van der Waals surface area contributed by atoms with Crippen LogP contribution in [0.15, 0.2) is 0 Å². The van der Waals surface area contributed by atoms with Crippen LogP contribution >= 0.6 is 0 Å². The Morgan fingerprint density at radius 2 is 0.571 bits per heavy atom. The van der Waals surface area contributed by atoms with Crippen LogP contribution in [0.25, 0.3) is 0 Å². The molecule has 0 aromatic carbocycles. The molecule has 0 spiro atoms. The maximum Gasteiger partial charge on any atom is 2.00 e. The number of hydrogen-bond acceptors (Lipinski definition) is 8. The second kappa shape index (κ2) is 11.9. The van der Waals surface area contributed by atoms with Crippen LogP contribution < -0.4 is 20.4 Å². The van der Waals surface area contributed by atoms with E-state index < -0.39 is 23.9 Å². The molecule has 0 aliphatic rings. The Morgan fingerprint density at radius 3 is 0.571 bits per heavy atom. The van der Waals surface area contributed by atoms with Gasteiger partial charge in [0.2, 0.25) is 0 Å². The molecule has 0 rings (SSSR count). The van der Waals surface area contributed by atoms with E-state index in [1.165, 1.54) is 0 Å². The van der Waals surface area contributed by atoms with Crippen molar-refractivity contribution in [3.8, 4) is 0 Å². The summed E-state index contributed by atoms with van der Waals surface area (Å²) in [5.74, 6) is -8.74. The predicted octanol–water partition coefficient (Wildman–Crippen LogP) is -7.03. The molecule has 0 heterocycles. The molecule has 0 aromatic rings. The summed E-state index contributed by atoms with van der Waals surface area (Å²) in [5.41, 5.74) is 0. The van der Waals surface area contributed by atoms with Crippen LogP contribution in [0.4, 0.5) is 0 Å². The van der Waals surface area contributed by atoms with Crippen LogP contribution in [0.1, 0.15) is 0 Å². The molecule has 0 bridgehead atoms. The van der Waals surface area contributed by atoms with Crippen molar-refractivity contribution in [3.63, 3.8) is 0 Å². The summed E-state index contributed by atoms with van der Waals surface area (Å²) >= 11 is 0. The van der Waals surface area contributed by atoms with Gasteiger partial charge in [-0.1, -0.05) is 0 Å². The molecule has 0 N–H and O–H groups in total. The average molecular weight is 286 g/mol. The monoisotopic (exact) mass is 286 g/mol. The van der Waals surface area contributed by atoms with Crippen LogP contribution in [0, 0.1) is 0 Å². The van der Waals surface area contributed by atoms with E-state index in [9.17, 15) is 0 Å². The van der Waals surface area contributed by atoms with Gasteiger partial charge in [0, 0.05) is 0 Å². The van der Waals surface area contributed by atoms with Gasteiger partial charge in [0.05, 0.1) is 23.9 Å². The zero-order valence-electron chi connectivity index (χ0n) is 6.02. The van der Waals surface area contributed by atoms with Crippen molar-refractivity contribution in [2.75, 3.05) is 0 Å². The smallest absolute Gasteiger partial charge is 0.543 e. The van der Waals surface area contributed by atoms with Gasteiger partial charge in [0.25, 0.3) is 0 Å². The largest absolute Gasteiger partial charge is 2.00 e. The van der Waals surface area contributed by atoms with E-state index in [-0.39, 0.29) is 34.1 Å². The molecule has 2 radical (unpaired) electrons. The van der Waals surface area contributed by atoms with Crippen molar-refractivity contribution in [2.45, 2.75) is 0 Å². The third kappa shape index (κ3) is 22.4. The second-order valence-corrected chi connectivity index (χ2v) is 1.15. The fourth-order valence-corrected chi connectivity index (χ4v) is 0. The average Bonchev–Trinajstić information content (AvgIpc) is 1.88. The molecule has 0 fully saturated rings. The molecular formula is C4Mn2O8. The zero-order chi connectivity index (χ0) is 10.3. The van der Waals surface area contributed by atoms with Crippen molar-refractivity contribution in [1.82, 2.24) is 0 Å². The number of carboxylic acids is 4. The molecule has 0 unspecified atom stereocenters. The van der Waals surface area contributed by atoms with Gasteiger partial charge in [-0.3, -0.25) is 0 Å². The minimum Gasteiger partial charge on any atom is -0.543 e. The Kier molecular flexibility index (Phi) is 19.6. The standard InChI is InChI=1S/2C2H2O4.2Mn/c2*3-1(4)2(5)6;;/h2*(H,3,4)(H,5,6);;/q;;2*+2/p-4. The minimum absolute atomic E-state index is 0. The normalized spacial score (nSPS) is 6.29. The summed E-state index contributed by atoms with van der Waals surface area (Å²) in [6.45, 7) is 0. The first-order chi connectivity index (χ1) is 5.29. The maximum absolute atomic E-state index is 8.93. The fourth-order valence-electron chi connectivity index (χ4n) is 0. The molecule has 14 heavy (non-hydrogen) atoms. The molecule has 0 saturated carbocycles. The van der Waals surface area contributed by atoms with E-state index in [0.717, 1.165) is 0 Å². The van der Waals surface area contributed by atoms with Crippen LogP contribution in [0.2, 0.25) is 0 Å². The van der Waals surface area contributed by atoms with Gasteiger partial charge in [0.15, 0.2) is 0 Å². The van der Waals surface area contributed by atoms with Gasteiger partial charge in [-0.25, -0.2) is 0 Å². The van der Waals surface area contributed by atoms with Gasteiger partial charge in [-0.05, 0) is 0 Å². The summed E-state index contributed by atoms with van der Waals surface area (Å²) < 4.78 is 0. The van der Waals surface area contributed by atoms with Crippen molar-refractivity contribution in [2.24, 2.45) is 0 Å². The maximum atomic E-state index is 8.93. The number of carbonyl (C=O) groups excluding carboxylic acids is 4. The molecule has 0 aromatic heterocycles. The van der Waals surface area contributed by atoms with E-state index in [1.54, 1.807) is 0 Å². The fraction of sp³-hybridized carbons (Fsp3) is 0. The predicted molar refractivity (Wildman–Crippen MR) is 20.0 cm³/mol. The molecule has 10 heteroatoms. The molecular weight excluding hydrogens is 286 g/mol. The Hall–Kier alpha value is -1.08. The summed E-state index contributed by atoms with van der Waals surface area (Å²) in [6, 6.07) is 0. The van der Waals surface area contributed by atoms with E-state index in [4.69, 9.17) is 39.6 Å². The summed E-state index contributed by atoms with van der Waals surface area (Å²) in [4.78, 5) is 35.7. The first-order valence-electron chi connectivity index (χ1n) is 2.13. The van der Waals surface area contributed by atoms with Crippen molar-refractivity contribution < 1.29 is 73.7 Å². The molecule has 0 aliphatic heterocycles. The first-order valence-corrected chi connectivity index (χ1v) is 2.13. The quantitative estimate of drug-likeness (QED) is 0.313. The first kappa shape index (κ1) is 23.1. The summed E-state index contributed by atoms with van der Waals surface area (Å²) in [6.07, 6.45) is 0. The van der Waals surface area contributed by atoms with Gasteiger partial charge in [-0.2, -0.15) is 0 Å². The number of carboxylic acid groups (broad SMARTS) is 4. The Bertz CT molecular complexity index is 175. The van der Waals surface area contributed by atoms with Crippen molar-refractivity contribution in [1.29, 1.82) is 0 Å². The Labute approximate surface area is 97.9 Å². The minimum atomic E-state index is -2.19. The van der Waals surface area contributed by atoms with Crippen LogP contribution in [-0.2, 0) is 53.3 Å². The third-order valence-electron chi connectivity index (χ3n) is 0.333. The Morgan fingerprint density at radius 1 is 0.500 bits per heavy atom. The topological polar surface area (TPSA) is 161 Å². The SMILES string of the molecule is O=C([O-])C(=O)[O-].O=C([O-])C(=O)[O-].[Mn+2].[Mn+2]. The molecule has 0 saturated heterocycles. The molecule has 0 aliphatic carbocycles. The van der Waals surface area contributed by atoms with E-state index >= 15 is 0 Å². The molecule has 78 valence electrons. The van der Waals surface area contributed by atoms with E-state index in [0.29, 0.717) is 0 Å². The van der Waals surface area contributed by atoms with Gasteiger partial charge >= 0.3 is 34.1 Å². The second-order valence-electron chi connectivity index (χ2n) is 1.15. The van der Waals surface area contributed by atoms with E-state index in [1.807, 2.05) is 0 Å². The van der Waals surface area contributed by atoms with Crippen molar-refractivity contribution >= 4 is 23.9 Å². The Balaban J connectivity index is -0.0000000625. The summed E-state index contributed by atoms with van der Waals surface area (Å²) in [5, 5.41) is 35.7. The number of aliphatic carboxylic acids is 4. The number of rotatable bonds is 0. The number of hydrogen-bond donors (Lipinski definition) is 0. The molecule has 0 atom stereocenters. The van der Waals surface area contributed by atoms with Gasteiger partial charge < -0.3 is 39.6 Å². The summed E-state index contributed by atoms with van der Waals surface area (Å²) in [7, 11) is 0. The number of carbonyl (C=O) groups is 4. The van der Waals surface area contributed by atoms with Gasteiger partial charge in [-0.15, -0.1) is 0 Å². The third-order valence-corrected chi connectivity index (χ3v) is 0.333. The molecule has 8 nitrogen and oxygen atoms in total. The van der Waals surface area contributed by atoms with Gasteiger partial charge in [0.1, 0.15) is 0 Å². The van der Waals surface area contributed by atoms with Crippen LogP contribution in [0.3, 0.4) is 0 Å². The molecule has 0 amide bonds. The van der Waals surface area contributed by atoms with Crippen LogP contribution in [0.5, 0.6) is 0 Å². The van der Waals surface area contributed by atoms with Crippen molar-refractivity contribution in [3.05, 3.63) is 0 Å². The zero-order valence-corrected chi connectivity index (χ0v) is 8.38. The van der Waals surface area contributed by atoms with E-state index in [2.05, 4.69) is 0 Å². The van der Waals surface area contributed by atoms with Crippen LogP contribution in [-0.4, -0.2) is 23.9 Å².